The molecular formula is CH4O3P. The van der Waals surface area contributed by atoms with Crippen LogP contribution in [-0.4, -0.2) is 9.79 Å². The quantitative estimate of drug-likeness (QED) is 0.401. The predicted octanol–water partition coefficient (Wildman–Crippen LogP) is -0.435. The van der Waals surface area contributed by atoms with E-state index in [1.807, 2.05) is 0 Å². The highest BCUT2D eigenvalue weighted by molar-refractivity contribution is 7.30. The number of hydrogen-bond donors (Lipinski definition) is 2. The molecule has 4 heteroatoms. The molecule has 0 aromatic carbocycles. The van der Waals surface area contributed by atoms with Crippen molar-refractivity contribution in [3.05, 3.63) is 7.43 Å². The average Bonchev–Trinajstić information content (AvgIpc) is 0.811. The predicted molar refractivity (Wildman–Crippen MR) is 17.7 cm³/mol. The van der Waals surface area contributed by atoms with E-state index in [1.165, 1.54) is 0 Å². The molecule has 0 aliphatic heterocycles. The molecule has 0 saturated heterocycles. The Morgan fingerprint density at radius 2 is 1.40 bits per heavy atom. The maximum atomic E-state index is 8.74. The minimum atomic E-state index is -3.13. The molecule has 0 aromatic rings. The Hall–Kier alpha value is 0.150. The highest BCUT2D eigenvalue weighted by Gasteiger charge is 1.61. The van der Waals surface area contributed by atoms with Crippen molar-refractivity contribution < 1.29 is 14.4 Å². The minimum Gasteiger partial charge on any atom is -0.326 e. The van der Waals surface area contributed by atoms with Gasteiger partial charge in [-0.15, -0.1) is 0 Å². The van der Waals surface area contributed by atoms with Gasteiger partial charge in [0.2, 0.25) is 0 Å². The van der Waals surface area contributed by atoms with Crippen molar-refractivity contribution in [2.45, 2.75) is 0 Å². The fraction of sp³-hybridized carbons (Fsp3) is 0. The van der Waals surface area contributed by atoms with Crippen molar-refractivity contribution in [3.63, 3.8) is 0 Å². The molecule has 0 bridgehead atoms. The van der Waals surface area contributed by atoms with Crippen LogP contribution in [0.3, 0.4) is 0 Å². The summed E-state index contributed by atoms with van der Waals surface area (Å²) < 4.78 is 8.74. The molecule has 0 atom stereocenters. The molecule has 5 heavy (non-hydrogen) atoms. The summed E-state index contributed by atoms with van der Waals surface area (Å²) >= 11 is 0. The van der Waals surface area contributed by atoms with E-state index in [0.29, 0.717) is 0 Å². The maximum absolute atomic E-state index is 8.74. The lowest BCUT2D eigenvalue weighted by atomic mass is 12.0. The van der Waals surface area contributed by atoms with Crippen molar-refractivity contribution in [1.82, 2.24) is 0 Å². The van der Waals surface area contributed by atoms with Crippen LogP contribution in [0.5, 0.6) is 0 Å². The van der Waals surface area contributed by atoms with Crippen LogP contribution in [0, 0.1) is 7.43 Å². The highest BCUT2D eigenvalue weighted by atomic mass is 31.1. The average molecular weight is 95.0 g/mol. The summed E-state index contributed by atoms with van der Waals surface area (Å²) in [4.78, 5) is 14.3. The van der Waals surface area contributed by atoms with Crippen LogP contribution in [-0.2, 0) is 4.57 Å². The smallest absolute Gasteiger partial charge is 0.314 e. The lowest BCUT2D eigenvalue weighted by molar-refractivity contribution is 0.405. The van der Waals surface area contributed by atoms with Crippen LogP contribution in [0.1, 0.15) is 0 Å². The third kappa shape index (κ3) is 853. The summed E-state index contributed by atoms with van der Waals surface area (Å²) in [7, 11) is -3.13. The van der Waals surface area contributed by atoms with E-state index < -0.39 is 8.25 Å². The maximum Gasteiger partial charge on any atom is 0.314 e. The van der Waals surface area contributed by atoms with Gasteiger partial charge in [0.15, 0.2) is 0 Å². The molecule has 0 unspecified atom stereocenters. The molecule has 0 fully saturated rings. The van der Waals surface area contributed by atoms with E-state index in [2.05, 4.69) is 0 Å². The summed E-state index contributed by atoms with van der Waals surface area (Å²) in [5.41, 5.74) is 0. The van der Waals surface area contributed by atoms with Gasteiger partial charge < -0.3 is 9.79 Å². The van der Waals surface area contributed by atoms with Gasteiger partial charge >= 0.3 is 8.25 Å². The lowest BCUT2D eigenvalue weighted by Crippen LogP contribution is -1.38. The van der Waals surface area contributed by atoms with Gasteiger partial charge in [0.05, 0.1) is 0 Å². The first-order valence-corrected chi connectivity index (χ1v) is 1.95. The molecule has 0 heterocycles. The topological polar surface area (TPSA) is 57.5 Å². The highest BCUT2D eigenvalue weighted by Crippen LogP contribution is 1.98. The van der Waals surface area contributed by atoms with Crippen LogP contribution >= 0.6 is 8.25 Å². The molecule has 3 radical (unpaired) electrons. The van der Waals surface area contributed by atoms with E-state index in [4.69, 9.17) is 14.4 Å². The van der Waals surface area contributed by atoms with Crippen molar-refractivity contribution >= 4 is 8.25 Å². The van der Waals surface area contributed by atoms with Crippen molar-refractivity contribution in [2.24, 2.45) is 0 Å². The molecule has 0 saturated carbocycles. The van der Waals surface area contributed by atoms with Crippen LogP contribution in [0.2, 0.25) is 0 Å². The van der Waals surface area contributed by atoms with Gasteiger partial charge in [-0.25, -0.2) is 0 Å². The van der Waals surface area contributed by atoms with Gasteiger partial charge in [-0.1, -0.05) is 0 Å². The third-order valence-corrected chi connectivity index (χ3v) is 0. The Morgan fingerprint density at radius 3 is 1.40 bits per heavy atom. The van der Waals surface area contributed by atoms with Crippen molar-refractivity contribution in [1.29, 1.82) is 0 Å². The Bertz CT molecular complexity index is 29.9. The summed E-state index contributed by atoms with van der Waals surface area (Å²) in [6.07, 6.45) is 0. The largest absolute Gasteiger partial charge is 0.326 e. The van der Waals surface area contributed by atoms with E-state index in [-0.39, 0.29) is 7.43 Å². The van der Waals surface area contributed by atoms with Crippen LogP contribution in [0.4, 0.5) is 0 Å². The fourth-order valence-corrected chi connectivity index (χ4v) is 0. The second-order valence-electron chi connectivity index (χ2n) is 0.283. The van der Waals surface area contributed by atoms with E-state index in [9.17, 15) is 0 Å². The van der Waals surface area contributed by atoms with Crippen LogP contribution in [0.25, 0.3) is 0 Å². The zero-order valence-electron chi connectivity index (χ0n) is 2.38. The van der Waals surface area contributed by atoms with E-state index >= 15 is 0 Å². The summed E-state index contributed by atoms with van der Waals surface area (Å²) in [5.74, 6) is 0. The zero-order valence-corrected chi connectivity index (χ0v) is 3.38. The number of rotatable bonds is 0. The molecule has 0 amide bonds. The summed E-state index contributed by atoms with van der Waals surface area (Å²) in [6.45, 7) is 0. The molecule has 3 nitrogen and oxygen atoms in total. The Balaban J connectivity index is 0. The number of hydrogen-bond acceptors (Lipinski definition) is 1. The van der Waals surface area contributed by atoms with E-state index in [1.54, 1.807) is 0 Å². The van der Waals surface area contributed by atoms with Crippen LogP contribution in [0.15, 0.2) is 0 Å². The first-order valence-electron chi connectivity index (χ1n) is 0.651. The summed E-state index contributed by atoms with van der Waals surface area (Å²) in [6, 6.07) is 0. The molecule has 0 aliphatic carbocycles. The second kappa shape index (κ2) is 4.15. The Labute approximate surface area is 31.2 Å². The molecule has 2 N–H and O–H groups in total. The first kappa shape index (κ1) is 8.94. The monoisotopic (exact) mass is 95.0 g/mol. The molecule has 0 aliphatic rings. The standard InChI is InChI=1S/CH.H3O3P/c;1-4(2)3/h1H;4H,(H2,1,2,3). The minimum absolute atomic E-state index is 0. The van der Waals surface area contributed by atoms with Gasteiger partial charge in [0, 0.05) is 0 Å². The molecule has 0 spiro atoms. The molecule has 31 valence electrons. The normalized spacial score (nSPS) is 7.00. The molecule has 0 aromatic heterocycles. The molecule has 0 rings (SSSR count). The SMILES string of the molecule is O=[PH](O)O.[CH]. The summed E-state index contributed by atoms with van der Waals surface area (Å²) in [5, 5.41) is 0. The Kier molecular flexibility index (Phi) is 7.42. The van der Waals surface area contributed by atoms with Crippen molar-refractivity contribution in [3.8, 4) is 0 Å². The Morgan fingerprint density at radius 1 is 1.40 bits per heavy atom. The van der Waals surface area contributed by atoms with Gasteiger partial charge in [0.25, 0.3) is 0 Å². The van der Waals surface area contributed by atoms with Crippen molar-refractivity contribution in [2.75, 3.05) is 0 Å². The van der Waals surface area contributed by atoms with Gasteiger partial charge in [-0.05, 0) is 7.43 Å². The third-order valence-electron chi connectivity index (χ3n) is 0. The first-order chi connectivity index (χ1) is 1.73. The van der Waals surface area contributed by atoms with Gasteiger partial charge in [-0.2, -0.15) is 0 Å². The fourth-order valence-electron chi connectivity index (χ4n) is 0. The van der Waals surface area contributed by atoms with E-state index in [0.717, 1.165) is 0 Å². The second-order valence-corrected chi connectivity index (χ2v) is 0.848. The zero-order chi connectivity index (χ0) is 3.58. The molecular weight excluding hydrogens is 91.0 g/mol. The lowest BCUT2D eigenvalue weighted by Gasteiger charge is -1.61. The van der Waals surface area contributed by atoms with Gasteiger partial charge in [-0.3, -0.25) is 4.57 Å². The van der Waals surface area contributed by atoms with Crippen LogP contribution < -0.4 is 0 Å². The van der Waals surface area contributed by atoms with Gasteiger partial charge in [0.1, 0.15) is 0 Å².